The van der Waals surface area contributed by atoms with E-state index in [1.54, 1.807) is 0 Å². The number of hydrogen-bond acceptors (Lipinski definition) is 2. The van der Waals surface area contributed by atoms with Gasteiger partial charge in [-0.05, 0) is 38.2 Å². The van der Waals surface area contributed by atoms with Gasteiger partial charge in [0.05, 0.1) is 0 Å². The quantitative estimate of drug-likeness (QED) is 0.752. The SMILES string of the molecule is CN(C)Cc1ccc(CCN)cc1. The molecule has 0 unspecified atom stereocenters. The van der Waals surface area contributed by atoms with Crippen molar-refractivity contribution in [1.29, 1.82) is 0 Å². The molecule has 0 aliphatic carbocycles. The highest BCUT2D eigenvalue weighted by Crippen LogP contribution is 2.06. The van der Waals surface area contributed by atoms with E-state index in [1.165, 1.54) is 11.1 Å². The van der Waals surface area contributed by atoms with Crippen molar-refractivity contribution in [1.82, 2.24) is 4.90 Å². The summed E-state index contributed by atoms with van der Waals surface area (Å²) in [7, 11) is 4.15. The van der Waals surface area contributed by atoms with Gasteiger partial charge in [0, 0.05) is 6.54 Å². The van der Waals surface area contributed by atoms with Crippen LogP contribution in [-0.2, 0) is 13.0 Å². The molecule has 0 amide bonds. The standard InChI is InChI=1S/C11H18N2/c1-13(2)9-11-5-3-10(4-6-11)7-8-12/h3-6H,7-9,12H2,1-2H3. The smallest absolute Gasteiger partial charge is 0.0227 e. The van der Waals surface area contributed by atoms with Crippen LogP contribution in [-0.4, -0.2) is 25.5 Å². The van der Waals surface area contributed by atoms with Gasteiger partial charge < -0.3 is 10.6 Å². The summed E-state index contributed by atoms with van der Waals surface area (Å²) in [6, 6.07) is 8.66. The largest absolute Gasteiger partial charge is 0.330 e. The summed E-state index contributed by atoms with van der Waals surface area (Å²) in [6.07, 6.45) is 0.974. The van der Waals surface area contributed by atoms with Crippen LogP contribution in [0.4, 0.5) is 0 Å². The van der Waals surface area contributed by atoms with E-state index in [-0.39, 0.29) is 0 Å². The molecule has 2 N–H and O–H groups in total. The lowest BCUT2D eigenvalue weighted by molar-refractivity contribution is 0.402. The first-order chi connectivity index (χ1) is 6.22. The molecular formula is C11H18N2. The maximum absolute atomic E-state index is 5.47. The van der Waals surface area contributed by atoms with Crippen LogP contribution >= 0.6 is 0 Å². The van der Waals surface area contributed by atoms with E-state index in [0.29, 0.717) is 0 Å². The first-order valence-electron chi connectivity index (χ1n) is 4.65. The number of hydrogen-bond donors (Lipinski definition) is 1. The number of rotatable bonds is 4. The summed E-state index contributed by atoms with van der Waals surface area (Å²) in [5, 5.41) is 0. The van der Waals surface area contributed by atoms with Crippen LogP contribution in [0.5, 0.6) is 0 Å². The maximum Gasteiger partial charge on any atom is 0.0227 e. The molecule has 0 saturated heterocycles. The van der Waals surface area contributed by atoms with Gasteiger partial charge in [0.15, 0.2) is 0 Å². The fourth-order valence-electron chi connectivity index (χ4n) is 1.34. The fourth-order valence-corrected chi connectivity index (χ4v) is 1.34. The predicted octanol–water partition coefficient (Wildman–Crippen LogP) is 1.25. The normalized spacial score (nSPS) is 10.8. The highest BCUT2D eigenvalue weighted by atomic mass is 15.0. The van der Waals surface area contributed by atoms with Gasteiger partial charge in [-0.25, -0.2) is 0 Å². The van der Waals surface area contributed by atoms with Crippen LogP contribution in [0, 0.1) is 0 Å². The van der Waals surface area contributed by atoms with Gasteiger partial charge in [-0.1, -0.05) is 24.3 Å². The van der Waals surface area contributed by atoms with Crippen LogP contribution < -0.4 is 5.73 Å². The van der Waals surface area contributed by atoms with Crippen LogP contribution in [0.3, 0.4) is 0 Å². The van der Waals surface area contributed by atoms with Crippen molar-refractivity contribution in [3.63, 3.8) is 0 Å². The Kier molecular flexibility index (Phi) is 3.93. The molecule has 0 atom stereocenters. The third-order valence-electron chi connectivity index (χ3n) is 1.95. The Balaban J connectivity index is 2.59. The summed E-state index contributed by atoms with van der Waals surface area (Å²) >= 11 is 0. The molecule has 0 aliphatic heterocycles. The lowest BCUT2D eigenvalue weighted by atomic mass is 10.1. The third kappa shape index (κ3) is 3.57. The molecule has 0 aromatic heterocycles. The highest BCUT2D eigenvalue weighted by Gasteiger charge is 1.95. The first kappa shape index (κ1) is 10.2. The van der Waals surface area contributed by atoms with Gasteiger partial charge in [-0.3, -0.25) is 0 Å². The molecule has 0 aliphatic rings. The Morgan fingerprint density at radius 3 is 2.08 bits per heavy atom. The third-order valence-corrected chi connectivity index (χ3v) is 1.95. The summed E-state index contributed by atoms with van der Waals surface area (Å²) in [6.45, 7) is 1.73. The Morgan fingerprint density at radius 2 is 1.62 bits per heavy atom. The van der Waals surface area contributed by atoms with Crippen molar-refractivity contribution in [3.05, 3.63) is 35.4 Å². The van der Waals surface area contributed by atoms with Gasteiger partial charge in [0.2, 0.25) is 0 Å². The lowest BCUT2D eigenvalue weighted by Crippen LogP contribution is -2.10. The van der Waals surface area contributed by atoms with Crippen molar-refractivity contribution >= 4 is 0 Å². The van der Waals surface area contributed by atoms with Crippen molar-refractivity contribution in [2.45, 2.75) is 13.0 Å². The number of benzene rings is 1. The first-order valence-corrected chi connectivity index (χ1v) is 4.65. The minimum absolute atomic E-state index is 0.729. The van der Waals surface area contributed by atoms with Gasteiger partial charge in [-0.15, -0.1) is 0 Å². The van der Waals surface area contributed by atoms with E-state index >= 15 is 0 Å². The lowest BCUT2D eigenvalue weighted by Gasteiger charge is -2.09. The second-order valence-electron chi connectivity index (χ2n) is 3.59. The Hall–Kier alpha value is -0.860. The topological polar surface area (TPSA) is 29.3 Å². The minimum Gasteiger partial charge on any atom is -0.330 e. The van der Waals surface area contributed by atoms with Crippen LogP contribution in [0.25, 0.3) is 0 Å². The molecule has 1 aromatic carbocycles. The van der Waals surface area contributed by atoms with Crippen molar-refractivity contribution in [2.75, 3.05) is 20.6 Å². The molecule has 2 nitrogen and oxygen atoms in total. The molecule has 2 heteroatoms. The zero-order valence-electron chi connectivity index (χ0n) is 8.46. The maximum atomic E-state index is 5.47. The summed E-state index contributed by atoms with van der Waals surface area (Å²) < 4.78 is 0. The second kappa shape index (κ2) is 5.00. The molecule has 0 heterocycles. The van der Waals surface area contributed by atoms with Crippen LogP contribution in [0.2, 0.25) is 0 Å². The van der Waals surface area contributed by atoms with Crippen LogP contribution in [0.15, 0.2) is 24.3 Å². The van der Waals surface area contributed by atoms with Gasteiger partial charge in [-0.2, -0.15) is 0 Å². The van der Waals surface area contributed by atoms with E-state index in [9.17, 15) is 0 Å². The number of nitrogens with zero attached hydrogens (tertiary/aromatic N) is 1. The molecule has 0 radical (unpaired) electrons. The van der Waals surface area contributed by atoms with E-state index in [1.807, 2.05) is 0 Å². The van der Waals surface area contributed by atoms with E-state index in [4.69, 9.17) is 5.73 Å². The summed E-state index contributed by atoms with van der Waals surface area (Å²) in [5.41, 5.74) is 8.15. The fraction of sp³-hybridized carbons (Fsp3) is 0.455. The molecule has 72 valence electrons. The van der Waals surface area contributed by atoms with Crippen LogP contribution in [0.1, 0.15) is 11.1 Å². The Labute approximate surface area is 80.4 Å². The summed E-state index contributed by atoms with van der Waals surface area (Å²) in [5.74, 6) is 0. The van der Waals surface area contributed by atoms with E-state index in [2.05, 4.69) is 43.3 Å². The molecule has 1 aromatic rings. The van der Waals surface area contributed by atoms with E-state index in [0.717, 1.165) is 19.5 Å². The molecule has 0 bridgehead atoms. The average molecular weight is 178 g/mol. The zero-order chi connectivity index (χ0) is 9.68. The summed E-state index contributed by atoms with van der Waals surface area (Å²) in [4.78, 5) is 2.16. The molecule has 0 saturated carbocycles. The Morgan fingerprint density at radius 1 is 1.08 bits per heavy atom. The minimum atomic E-state index is 0.729. The van der Waals surface area contributed by atoms with E-state index < -0.39 is 0 Å². The predicted molar refractivity (Wildman–Crippen MR) is 56.6 cm³/mol. The van der Waals surface area contributed by atoms with Crippen molar-refractivity contribution < 1.29 is 0 Å². The average Bonchev–Trinajstić information content (AvgIpc) is 2.08. The number of nitrogens with two attached hydrogens (primary N) is 1. The van der Waals surface area contributed by atoms with Gasteiger partial charge in [0.1, 0.15) is 0 Å². The highest BCUT2D eigenvalue weighted by molar-refractivity contribution is 5.22. The van der Waals surface area contributed by atoms with Crippen molar-refractivity contribution in [2.24, 2.45) is 5.73 Å². The van der Waals surface area contributed by atoms with Gasteiger partial charge >= 0.3 is 0 Å². The molecule has 1 rings (SSSR count). The Bertz CT molecular complexity index is 239. The monoisotopic (exact) mass is 178 g/mol. The zero-order valence-corrected chi connectivity index (χ0v) is 8.46. The van der Waals surface area contributed by atoms with Crippen molar-refractivity contribution in [3.8, 4) is 0 Å². The molecule has 13 heavy (non-hydrogen) atoms. The van der Waals surface area contributed by atoms with Gasteiger partial charge in [0.25, 0.3) is 0 Å². The second-order valence-corrected chi connectivity index (χ2v) is 3.59. The molecule has 0 fully saturated rings. The molecular weight excluding hydrogens is 160 g/mol. The molecule has 0 spiro atoms.